The van der Waals surface area contributed by atoms with E-state index in [1.807, 2.05) is 13.0 Å². The van der Waals surface area contributed by atoms with Crippen molar-refractivity contribution in [2.45, 2.75) is 46.1 Å². The van der Waals surface area contributed by atoms with Crippen LogP contribution in [0, 0.1) is 22.2 Å². The van der Waals surface area contributed by atoms with E-state index in [9.17, 15) is 5.11 Å². The number of allylic oxidation sites excluding steroid dienone is 2. The Kier molecular flexibility index (Phi) is 1.64. The zero-order chi connectivity index (χ0) is 11.8. The van der Waals surface area contributed by atoms with Gasteiger partial charge < -0.3 is 5.11 Å². The number of aliphatic hydroxyl groups is 1. The summed E-state index contributed by atoms with van der Waals surface area (Å²) in [5, 5.41) is 10.8. The van der Waals surface area contributed by atoms with Crippen molar-refractivity contribution in [1.82, 2.24) is 0 Å². The molecule has 1 saturated carbocycles. The lowest BCUT2D eigenvalue weighted by atomic mass is 9.59. The van der Waals surface area contributed by atoms with E-state index >= 15 is 0 Å². The summed E-state index contributed by atoms with van der Waals surface area (Å²) in [6, 6.07) is 0. The lowest BCUT2D eigenvalue weighted by molar-refractivity contribution is -0.0572. The van der Waals surface area contributed by atoms with E-state index < -0.39 is 5.60 Å². The van der Waals surface area contributed by atoms with Crippen molar-refractivity contribution in [2.24, 2.45) is 22.2 Å². The molecule has 1 heteroatoms. The maximum atomic E-state index is 10.8. The second-order valence-electron chi connectivity index (χ2n) is 7.19. The second kappa shape index (κ2) is 2.48. The summed E-state index contributed by atoms with van der Waals surface area (Å²) < 4.78 is 0. The molecule has 0 aliphatic heterocycles. The third-order valence-electron chi connectivity index (χ3n) is 5.58. The quantitative estimate of drug-likeness (QED) is 0.618. The molecule has 88 valence electrons. The highest BCUT2D eigenvalue weighted by molar-refractivity contribution is 5.40. The fourth-order valence-electron chi connectivity index (χ4n) is 5.23. The summed E-state index contributed by atoms with van der Waals surface area (Å²) in [4.78, 5) is 0. The Morgan fingerprint density at radius 3 is 2.50 bits per heavy atom. The molecular weight excluding hydrogens is 196 g/mol. The molecule has 0 radical (unpaired) electrons. The fraction of sp³-hybridized carbons (Fsp3) is 0.733. The molecule has 3 rings (SSSR count). The molecule has 0 heterocycles. The normalized spacial score (nSPS) is 56.7. The molecule has 3 aliphatic carbocycles. The van der Waals surface area contributed by atoms with Crippen LogP contribution in [0.1, 0.15) is 40.5 Å². The molecule has 0 aromatic heterocycles. The number of hydrogen-bond acceptors (Lipinski definition) is 1. The topological polar surface area (TPSA) is 20.2 Å². The first-order valence-electron chi connectivity index (χ1n) is 6.35. The van der Waals surface area contributed by atoms with Gasteiger partial charge in [-0.3, -0.25) is 0 Å². The minimum absolute atomic E-state index is 0.0521. The lowest BCUT2D eigenvalue weighted by Gasteiger charge is -2.46. The fourth-order valence-corrected chi connectivity index (χ4v) is 5.23. The van der Waals surface area contributed by atoms with E-state index in [-0.39, 0.29) is 10.8 Å². The van der Waals surface area contributed by atoms with Gasteiger partial charge in [-0.25, -0.2) is 0 Å². The monoisotopic (exact) mass is 218 g/mol. The van der Waals surface area contributed by atoms with Gasteiger partial charge in [0.05, 0.1) is 5.60 Å². The molecule has 3 aliphatic rings. The average Bonchev–Trinajstić information content (AvgIpc) is 2.59. The molecule has 0 amide bonds. The van der Waals surface area contributed by atoms with E-state index in [1.165, 1.54) is 6.42 Å². The van der Waals surface area contributed by atoms with E-state index in [0.717, 1.165) is 6.42 Å². The minimum Gasteiger partial charge on any atom is -0.385 e. The van der Waals surface area contributed by atoms with Crippen LogP contribution in [0.5, 0.6) is 0 Å². The van der Waals surface area contributed by atoms with Crippen LogP contribution >= 0.6 is 0 Å². The summed E-state index contributed by atoms with van der Waals surface area (Å²) >= 11 is 0. The van der Waals surface area contributed by atoms with E-state index in [4.69, 9.17) is 0 Å². The number of rotatable bonds is 0. The van der Waals surface area contributed by atoms with Crippen LogP contribution < -0.4 is 0 Å². The summed E-state index contributed by atoms with van der Waals surface area (Å²) in [6.07, 6.45) is 11.2. The Morgan fingerprint density at radius 1 is 1.12 bits per heavy atom. The summed E-state index contributed by atoms with van der Waals surface area (Å²) in [5.41, 5.74) is -0.193. The Morgan fingerprint density at radius 2 is 1.81 bits per heavy atom. The zero-order valence-corrected chi connectivity index (χ0v) is 10.7. The third-order valence-corrected chi connectivity index (χ3v) is 5.58. The predicted octanol–water partition coefficient (Wildman–Crippen LogP) is 3.31. The van der Waals surface area contributed by atoms with Crippen LogP contribution in [0.25, 0.3) is 0 Å². The first-order valence-corrected chi connectivity index (χ1v) is 6.35. The van der Waals surface area contributed by atoms with Gasteiger partial charge in [0.1, 0.15) is 0 Å². The molecule has 0 aromatic rings. The van der Waals surface area contributed by atoms with E-state index in [0.29, 0.717) is 11.3 Å². The minimum atomic E-state index is -0.673. The highest BCUT2D eigenvalue weighted by Gasteiger charge is 2.71. The van der Waals surface area contributed by atoms with Gasteiger partial charge in [0.2, 0.25) is 0 Å². The van der Waals surface area contributed by atoms with Crippen molar-refractivity contribution in [3.8, 4) is 0 Å². The van der Waals surface area contributed by atoms with E-state index in [2.05, 4.69) is 39.0 Å². The maximum absolute atomic E-state index is 10.8. The SMILES string of the molecule is CC1(C)C[C@@]2(C)CC=C[C@]23[C@H]1C=C[C@@]3(C)O. The van der Waals surface area contributed by atoms with Crippen LogP contribution in [0.3, 0.4) is 0 Å². The predicted molar refractivity (Wildman–Crippen MR) is 65.9 cm³/mol. The van der Waals surface area contributed by atoms with Gasteiger partial charge >= 0.3 is 0 Å². The van der Waals surface area contributed by atoms with Crippen molar-refractivity contribution in [3.63, 3.8) is 0 Å². The molecule has 1 spiro atoms. The van der Waals surface area contributed by atoms with E-state index in [1.54, 1.807) is 0 Å². The van der Waals surface area contributed by atoms with Crippen LogP contribution in [0.4, 0.5) is 0 Å². The van der Waals surface area contributed by atoms with Gasteiger partial charge in [-0.1, -0.05) is 45.1 Å². The van der Waals surface area contributed by atoms with Crippen LogP contribution in [-0.4, -0.2) is 10.7 Å². The zero-order valence-electron chi connectivity index (χ0n) is 10.7. The van der Waals surface area contributed by atoms with Gasteiger partial charge in [-0.05, 0) is 36.5 Å². The molecule has 0 bridgehead atoms. The first kappa shape index (κ1) is 10.6. The summed E-state index contributed by atoms with van der Waals surface area (Å²) in [6.45, 7) is 9.04. The average molecular weight is 218 g/mol. The molecule has 1 fully saturated rings. The van der Waals surface area contributed by atoms with Gasteiger partial charge in [-0.15, -0.1) is 0 Å². The van der Waals surface area contributed by atoms with Gasteiger partial charge in [-0.2, -0.15) is 0 Å². The summed E-state index contributed by atoms with van der Waals surface area (Å²) in [5.74, 6) is 0.485. The Labute approximate surface area is 98.2 Å². The molecule has 0 aromatic carbocycles. The third kappa shape index (κ3) is 0.851. The van der Waals surface area contributed by atoms with Crippen molar-refractivity contribution >= 4 is 0 Å². The standard InChI is InChI=1S/C15H22O/c1-12(2)10-13(3)7-5-8-15(13)11(12)6-9-14(15,4)16/h5-6,8-9,11,16H,7,10H2,1-4H3/t11-,13+,14+,15-/m0/s1. The van der Waals surface area contributed by atoms with Gasteiger partial charge in [0, 0.05) is 5.41 Å². The largest absolute Gasteiger partial charge is 0.385 e. The smallest absolute Gasteiger partial charge is 0.0901 e. The Bertz CT molecular complexity index is 402. The van der Waals surface area contributed by atoms with Gasteiger partial charge in [0.25, 0.3) is 0 Å². The molecule has 0 saturated heterocycles. The Hall–Kier alpha value is -0.560. The highest BCUT2D eigenvalue weighted by Crippen LogP contribution is 2.74. The van der Waals surface area contributed by atoms with Crippen LogP contribution in [0.2, 0.25) is 0 Å². The maximum Gasteiger partial charge on any atom is 0.0901 e. The van der Waals surface area contributed by atoms with Crippen LogP contribution in [-0.2, 0) is 0 Å². The molecule has 1 N–H and O–H groups in total. The molecule has 4 atom stereocenters. The lowest BCUT2D eigenvalue weighted by Crippen LogP contribution is -2.49. The van der Waals surface area contributed by atoms with Gasteiger partial charge in [0.15, 0.2) is 0 Å². The molecular formula is C15H22O. The van der Waals surface area contributed by atoms with Crippen molar-refractivity contribution < 1.29 is 5.11 Å². The molecule has 1 nitrogen and oxygen atoms in total. The van der Waals surface area contributed by atoms with Crippen molar-refractivity contribution in [3.05, 3.63) is 24.3 Å². The van der Waals surface area contributed by atoms with Crippen molar-refractivity contribution in [2.75, 3.05) is 0 Å². The molecule has 16 heavy (non-hydrogen) atoms. The molecule has 0 unspecified atom stereocenters. The first-order chi connectivity index (χ1) is 7.25. The summed E-state index contributed by atoms with van der Waals surface area (Å²) in [7, 11) is 0. The number of hydrogen-bond donors (Lipinski definition) is 1. The van der Waals surface area contributed by atoms with Crippen LogP contribution in [0.15, 0.2) is 24.3 Å². The second-order valence-corrected chi connectivity index (χ2v) is 7.19. The van der Waals surface area contributed by atoms with Crippen molar-refractivity contribution in [1.29, 1.82) is 0 Å². The Balaban J connectivity index is 2.24. The highest BCUT2D eigenvalue weighted by atomic mass is 16.3.